The van der Waals surface area contributed by atoms with Crippen LogP contribution in [-0.4, -0.2) is 23.2 Å². The molecular weight excluding hydrogens is 282 g/mol. The molecule has 1 atom stereocenters. The van der Waals surface area contributed by atoms with Gasteiger partial charge in [0.1, 0.15) is 0 Å². The van der Waals surface area contributed by atoms with Gasteiger partial charge in [-0.2, -0.15) is 0 Å². The summed E-state index contributed by atoms with van der Waals surface area (Å²) in [6.07, 6.45) is 0.604. The van der Waals surface area contributed by atoms with Crippen LogP contribution in [0.5, 0.6) is 0 Å². The van der Waals surface area contributed by atoms with Crippen molar-refractivity contribution < 1.29 is 9.90 Å². The summed E-state index contributed by atoms with van der Waals surface area (Å²) in [5.41, 5.74) is 0.776. The van der Waals surface area contributed by atoms with E-state index in [0.29, 0.717) is 12.0 Å². The number of nitrogens with one attached hydrogen (secondary N) is 1. The van der Waals surface area contributed by atoms with Gasteiger partial charge in [-0.3, -0.25) is 4.79 Å². The minimum absolute atomic E-state index is 0.158. The van der Waals surface area contributed by atoms with Crippen LogP contribution < -0.4 is 5.32 Å². The van der Waals surface area contributed by atoms with Crippen LogP contribution >= 0.6 is 15.9 Å². The van der Waals surface area contributed by atoms with Crippen LogP contribution in [0.1, 0.15) is 36.2 Å². The SMILES string of the molecule is CCC(C)(O)CNC(=O)c1ccc(Br)c(C)c1. The standard InChI is InChI=1S/C13H18BrNO2/c1-4-13(3,17)8-15-12(16)10-5-6-11(14)9(2)7-10/h5-7,17H,4,8H2,1-3H3,(H,15,16). The maximum Gasteiger partial charge on any atom is 0.251 e. The van der Waals surface area contributed by atoms with Crippen LogP contribution in [0.25, 0.3) is 0 Å². The first-order valence-electron chi connectivity index (χ1n) is 5.62. The monoisotopic (exact) mass is 299 g/mol. The molecule has 3 nitrogen and oxygen atoms in total. The highest BCUT2D eigenvalue weighted by Gasteiger charge is 2.18. The number of hydrogen-bond donors (Lipinski definition) is 2. The molecule has 0 radical (unpaired) electrons. The quantitative estimate of drug-likeness (QED) is 0.898. The number of aliphatic hydroxyl groups is 1. The number of benzene rings is 1. The Hall–Kier alpha value is -0.870. The molecule has 0 saturated heterocycles. The van der Waals surface area contributed by atoms with E-state index in [0.717, 1.165) is 10.0 Å². The van der Waals surface area contributed by atoms with Crippen LogP contribution in [0.4, 0.5) is 0 Å². The van der Waals surface area contributed by atoms with Gasteiger partial charge in [0.15, 0.2) is 0 Å². The zero-order chi connectivity index (χ0) is 13.1. The van der Waals surface area contributed by atoms with Gasteiger partial charge < -0.3 is 10.4 Å². The van der Waals surface area contributed by atoms with E-state index in [2.05, 4.69) is 21.2 Å². The molecule has 1 amide bonds. The molecule has 0 aliphatic rings. The summed E-state index contributed by atoms with van der Waals surface area (Å²) in [6.45, 7) is 5.79. The molecule has 1 aromatic rings. The highest BCUT2D eigenvalue weighted by atomic mass is 79.9. The van der Waals surface area contributed by atoms with Gasteiger partial charge in [0, 0.05) is 16.6 Å². The van der Waals surface area contributed by atoms with Crippen molar-refractivity contribution in [2.75, 3.05) is 6.54 Å². The third-order valence-corrected chi connectivity index (χ3v) is 3.70. The lowest BCUT2D eigenvalue weighted by atomic mass is 10.0. The number of hydrogen-bond acceptors (Lipinski definition) is 2. The maximum atomic E-state index is 11.8. The largest absolute Gasteiger partial charge is 0.388 e. The fourth-order valence-electron chi connectivity index (χ4n) is 1.28. The number of aryl methyl sites for hydroxylation is 1. The number of halogens is 1. The van der Waals surface area contributed by atoms with Crippen molar-refractivity contribution in [3.05, 3.63) is 33.8 Å². The fraction of sp³-hybridized carbons (Fsp3) is 0.462. The zero-order valence-corrected chi connectivity index (χ0v) is 12.0. The Morgan fingerprint density at radius 1 is 1.53 bits per heavy atom. The van der Waals surface area contributed by atoms with Crippen LogP contribution in [0.15, 0.2) is 22.7 Å². The molecule has 17 heavy (non-hydrogen) atoms. The smallest absolute Gasteiger partial charge is 0.251 e. The molecule has 0 aliphatic carbocycles. The normalized spacial score (nSPS) is 14.2. The molecule has 94 valence electrons. The second kappa shape index (κ2) is 5.65. The molecule has 0 saturated carbocycles. The van der Waals surface area contributed by atoms with E-state index in [1.807, 2.05) is 26.0 Å². The second-order valence-corrected chi connectivity index (χ2v) is 5.35. The van der Waals surface area contributed by atoms with Gasteiger partial charge >= 0.3 is 0 Å². The summed E-state index contributed by atoms with van der Waals surface area (Å²) in [4.78, 5) is 11.8. The fourth-order valence-corrected chi connectivity index (χ4v) is 1.53. The van der Waals surface area contributed by atoms with Gasteiger partial charge in [-0.25, -0.2) is 0 Å². The minimum atomic E-state index is -0.847. The van der Waals surface area contributed by atoms with E-state index in [1.54, 1.807) is 13.0 Å². The minimum Gasteiger partial charge on any atom is -0.388 e. The van der Waals surface area contributed by atoms with E-state index in [1.165, 1.54) is 0 Å². The van der Waals surface area contributed by atoms with Crippen molar-refractivity contribution in [1.29, 1.82) is 0 Å². The van der Waals surface area contributed by atoms with E-state index in [9.17, 15) is 9.90 Å². The molecule has 4 heteroatoms. The van der Waals surface area contributed by atoms with Gasteiger partial charge in [-0.15, -0.1) is 0 Å². The molecule has 0 spiro atoms. The molecule has 2 N–H and O–H groups in total. The molecule has 0 bridgehead atoms. The van der Waals surface area contributed by atoms with Crippen molar-refractivity contribution in [3.63, 3.8) is 0 Å². The lowest BCUT2D eigenvalue weighted by molar-refractivity contribution is 0.0518. The molecule has 0 aromatic heterocycles. The summed E-state index contributed by atoms with van der Waals surface area (Å²) in [5.74, 6) is -0.158. The zero-order valence-electron chi connectivity index (χ0n) is 10.4. The van der Waals surface area contributed by atoms with Crippen molar-refractivity contribution in [3.8, 4) is 0 Å². The Balaban J connectivity index is 2.68. The van der Waals surface area contributed by atoms with Crippen molar-refractivity contribution in [2.45, 2.75) is 32.8 Å². The summed E-state index contributed by atoms with van der Waals surface area (Å²) >= 11 is 3.39. The molecule has 1 unspecified atom stereocenters. The molecule has 1 rings (SSSR count). The van der Waals surface area contributed by atoms with Crippen molar-refractivity contribution in [1.82, 2.24) is 5.32 Å². The Labute approximate surface area is 110 Å². The highest BCUT2D eigenvalue weighted by Crippen LogP contribution is 2.17. The van der Waals surface area contributed by atoms with Gasteiger partial charge in [-0.05, 0) is 44.0 Å². The Bertz CT molecular complexity index is 416. The average molecular weight is 300 g/mol. The van der Waals surface area contributed by atoms with E-state index in [4.69, 9.17) is 0 Å². The average Bonchev–Trinajstić information content (AvgIpc) is 2.30. The van der Waals surface area contributed by atoms with Gasteiger partial charge in [0.2, 0.25) is 0 Å². The number of carbonyl (C=O) groups excluding carboxylic acids is 1. The Morgan fingerprint density at radius 3 is 2.71 bits per heavy atom. The van der Waals surface area contributed by atoms with Crippen LogP contribution in [0.2, 0.25) is 0 Å². The third kappa shape index (κ3) is 4.13. The van der Waals surface area contributed by atoms with Crippen molar-refractivity contribution in [2.24, 2.45) is 0 Å². The van der Waals surface area contributed by atoms with Crippen LogP contribution in [0.3, 0.4) is 0 Å². The number of amides is 1. The topological polar surface area (TPSA) is 49.3 Å². The summed E-state index contributed by atoms with van der Waals surface area (Å²) in [6, 6.07) is 5.43. The Morgan fingerprint density at radius 2 is 2.18 bits per heavy atom. The Kier molecular flexibility index (Phi) is 4.71. The molecular formula is C13H18BrNO2. The highest BCUT2D eigenvalue weighted by molar-refractivity contribution is 9.10. The summed E-state index contributed by atoms with van der Waals surface area (Å²) < 4.78 is 0.981. The lowest BCUT2D eigenvalue weighted by Gasteiger charge is -2.21. The number of rotatable bonds is 4. The lowest BCUT2D eigenvalue weighted by Crippen LogP contribution is -2.40. The second-order valence-electron chi connectivity index (χ2n) is 4.50. The van der Waals surface area contributed by atoms with Crippen LogP contribution in [0, 0.1) is 6.92 Å². The maximum absolute atomic E-state index is 11.8. The first-order valence-corrected chi connectivity index (χ1v) is 6.42. The van der Waals surface area contributed by atoms with E-state index >= 15 is 0 Å². The first kappa shape index (κ1) is 14.2. The predicted octanol–water partition coefficient (Wildman–Crippen LogP) is 2.65. The molecule has 1 aromatic carbocycles. The first-order chi connectivity index (χ1) is 7.85. The molecule has 0 heterocycles. The van der Waals surface area contributed by atoms with Gasteiger partial charge in [-0.1, -0.05) is 22.9 Å². The third-order valence-electron chi connectivity index (χ3n) is 2.81. The molecule has 0 fully saturated rings. The van der Waals surface area contributed by atoms with Crippen LogP contribution in [-0.2, 0) is 0 Å². The molecule has 0 aliphatic heterocycles. The van der Waals surface area contributed by atoms with Crippen molar-refractivity contribution >= 4 is 21.8 Å². The predicted molar refractivity (Wildman–Crippen MR) is 72.1 cm³/mol. The number of carbonyl (C=O) groups is 1. The summed E-state index contributed by atoms with van der Waals surface area (Å²) in [5, 5.41) is 12.5. The summed E-state index contributed by atoms with van der Waals surface area (Å²) in [7, 11) is 0. The van der Waals surface area contributed by atoms with E-state index in [-0.39, 0.29) is 12.5 Å². The van der Waals surface area contributed by atoms with E-state index < -0.39 is 5.60 Å². The van der Waals surface area contributed by atoms with Gasteiger partial charge in [0.25, 0.3) is 5.91 Å². The van der Waals surface area contributed by atoms with Gasteiger partial charge in [0.05, 0.1) is 5.60 Å².